The van der Waals surface area contributed by atoms with Crippen LogP contribution in [0.1, 0.15) is 13.8 Å². The SMILES string of the molecule is CCOC(=O)C(C)Nc1ccccc1S(=O)(=O)N(C)C. The Labute approximate surface area is 119 Å². The van der Waals surface area contributed by atoms with Gasteiger partial charge in [0, 0.05) is 14.1 Å². The molecule has 20 heavy (non-hydrogen) atoms. The van der Waals surface area contributed by atoms with E-state index >= 15 is 0 Å². The third-order valence-electron chi connectivity index (χ3n) is 2.66. The molecule has 0 aliphatic heterocycles. The number of benzene rings is 1. The molecule has 112 valence electrons. The number of rotatable bonds is 6. The minimum absolute atomic E-state index is 0.126. The van der Waals surface area contributed by atoms with E-state index in [9.17, 15) is 13.2 Å². The number of carbonyl (C=O) groups is 1. The summed E-state index contributed by atoms with van der Waals surface area (Å²) in [6.07, 6.45) is 0. The molecule has 0 aromatic heterocycles. The average Bonchev–Trinajstić information content (AvgIpc) is 2.39. The molecule has 0 heterocycles. The van der Waals surface area contributed by atoms with Crippen molar-refractivity contribution < 1.29 is 17.9 Å². The Kier molecular flexibility index (Phi) is 5.52. The molecule has 0 aliphatic carbocycles. The lowest BCUT2D eigenvalue weighted by Gasteiger charge is -2.19. The zero-order valence-electron chi connectivity index (χ0n) is 12.1. The number of ether oxygens (including phenoxy) is 1. The van der Waals surface area contributed by atoms with Crippen molar-refractivity contribution in [2.75, 3.05) is 26.0 Å². The quantitative estimate of drug-likeness (QED) is 0.801. The second-order valence-corrected chi connectivity index (χ2v) is 6.52. The highest BCUT2D eigenvalue weighted by molar-refractivity contribution is 7.89. The lowest BCUT2D eigenvalue weighted by Crippen LogP contribution is -2.30. The van der Waals surface area contributed by atoms with Crippen LogP contribution in [0.25, 0.3) is 0 Å². The number of hydrogen-bond donors (Lipinski definition) is 1. The molecule has 0 saturated carbocycles. The highest BCUT2D eigenvalue weighted by Crippen LogP contribution is 2.23. The molecule has 0 amide bonds. The Hall–Kier alpha value is -1.60. The zero-order chi connectivity index (χ0) is 15.3. The fraction of sp³-hybridized carbons (Fsp3) is 0.462. The summed E-state index contributed by atoms with van der Waals surface area (Å²) in [6.45, 7) is 3.62. The fourth-order valence-corrected chi connectivity index (χ4v) is 2.62. The number of hydrogen-bond acceptors (Lipinski definition) is 5. The molecule has 1 N–H and O–H groups in total. The third-order valence-corrected chi connectivity index (χ3v) is 4.53. The number of nitrogens with zero attached hydrogens (tertiary/aromatic N) is 1. The van der Waals surface area contributed by atoms with Gasteiger partial charge in [-0.25, -0.2) is 17.5 Å². The van der Waals surface area contributed by atoms with Crippen molar-refractivity contribution in [3.05, 3.63) is 24.3 Å². The van der Waals surface area contributed by atoms with Crippen LogP contribution >= 0.6 is 0 Å². The zero-order valence-corrected chi connectivity index (χ0v) is 12.9. The number of para-hydroxylation sites is 1. The molecule has 0 saturated heterocycles. The second-order valence-electron chi connectivity index (χ2n) is 4.40. The standard InChI is InChI=1S/C13H20N2O4S/c1-5-19-13(16)10(2)14-11-8-6-7-9-12(11)20(17,18)15(3)4/h6-10,14H,5H2,1-4H3. The molecule has 1 atom stereocenters. The number of anilines is 1. The van der Waals surface area contributed by atoms with E-state index < -0.39 is 22.0 Å². The minimum atomic E-state index is -3.57. The summed E-state index contributed by atoms with van der Waals surface area (Å²) in [6, 6.07) is 5.82. The molecule has 6 nitrogen and oxygen atoms in total. The number of carbonyl (C=O) groups excluding carboxylic acids is 1. The van der Waals surface area contributed by atoms with Gasteiger partial charge in [0.2, 0.25) is 10.0 Å². The van der Waals surface area contributed by atoms with Crippen LogP contribution in [0.15, 0.2) is 29.2 Å². The van der Waals surface area contributed by atoms with Gasteiger partial charge in [0.1, 0.15) is 10.9 Å². The summed E-state index contributed by atoms with van der Waals surface area (Å²) in [7, 11) is -0.654. The van der Waals surface area contributed by atoms with Crippen molar-refractivity contribution >= 4 is 21.7 Å². The third kappa shape index (κ3) is 3.71. The minimum Gasteiger partial charge on any atom is -0.464 e. The molecular weight excluding hydrogens is 280 g/mol. The van der Waals surface area contributed by atoms with Crippen LogP contribution in [0, 0.1) is 0 Å². The van der Waals surface area contributed by atoms with Gasteiger partial charge in [-0.05, 0) is 26.0 Å². The molecule has 1 aromatic carbocycles. The van der Waals surface area contributed by atoms with Gasteiger partial charge in [0.05, 0.1) is 12.3 Å². The van der Waals surface area contributed by atoms with Crippen LogP contribution in [0.2, 0.25) is 0 Å². The van der Waals surface area contributed by atoms with Gasteiger partial charge >= 0.3 is 5.97 Å². The number of sulfonamides is 1. The predicted octanol–water partition coefficient (Wildman–Crippen LogP) is 1.30. The molecule has 7 heteroatoms. The molecule has 0 fully saturated rings. The van der Waals surface area contributed by atoms with Crippen molar-refractivity contribution in [1.29, 1.82) is 0 Å². The highest BCUT2D eigenvalue weighted by Gasteiger charge is 2.23. The van der Waals surface area contributed by atoms with Crippen LogP contribution in [-0.4, -0.2) is 45.4 Å². The van der Waals surface area contributed by atoms with Crippen molar-refractivity contribution in [3.8, 4) is 0 Å². The molecular formula is C13H20N2O4S. The van der Waals surface area contributed by atoms with E-state index in [4.69, 9.17) is 4.74 Å². The molecule has 1 unspecified atom stereocenters. The van der Waals surface area contributed by atoms with Crippen LogP contribution in [0.4, 0.5) is 5.69 Å². The first-order valence-corrected chi connectivity index (χ1v) is 7.69. The van der Waals surface area contributed by atoms with E-state index in [2.05, 4.69) is 5.32 Å². The van der Waals surface area contributed by atoms with Gasteiger partial charge in [0.15, 0.2) is 0 Å². The predicted molar refractivity (Wildman–Crippen MR) is 77.0 cm³/mol. The van der Waals surface area contributed by atoms with Crippen LogP contribution in [-0.2, 0) is 19.6 Å². The van der Waals surface area contributed by atoms with Crippen LogP contribution < -0.4 is 5.32 Å². The van der Waals surface area contributed by atoms with Gasteiger partial charge in [-0.2, -0.15) is 0 Å². The Morgan fingerprint density at radius 3 is 2.50 bits per heavy atom. The van der Waals surface area contributed by atoms with Crippen molar-refractivity contribution in [2.24, 2.45) is 0 Å². The number of esters is 1. The lowest BCUT2D eigenvalue weighted by molar-refractivity contribution is -0.143. The summed E-state index contributed by atoms with van der Waals surface area (Å²) < 4.78 is 30.4. The average molecular weight is 300 g/mol. The monoisotopic (exact) mass is 300 g/mol. The molecule has 0 spiro atoms. The van der Waals surface area contributed by atoms with E-state index in [-0.39, 0.29) is 11.5 Å². The molecule has 1 rings (SSSR count). The van der Waals surface area contributed by atoms with Gasteiger partial charge in [-0.3, -0.25) is 0 Å². The maximum absolute atomic E-state index is 12.2. The molecule has 0 bridgehead atoms. The van der Waals surface area contributed by atoms with E-state index in [1.54, 1.807) is 32.0 Å². The van der Waals surface area contributed by atoms with E-state index in [0.29, 0.717) is 5.69 Å². The lowest BCUT2D eigenvalue weighted by atomic mass is 10.2. The molecule has 0 aliphatic rings. The maximum Gasteiger partial charge on any atom is 0.328 e. The largest absolute Gasteiger partial charge is 0.464 e. The Morgan fingerprint density at radius 1 is 1.35 bits per heavy atom. The summed E-state index contributed by atoms with van der Waals surface area (Å²) in [5.74, 6) is -0.426. The van der Waals surface area contributed by atoms with Gasteiger partial charge < -0.3 is 10.1 Å². The van der Waals surface area contributed by atoms with Crippen molar-refractivity contribution in [1.82, 2.24) is 4.31 Å². The smallest absolute Gasteiger partial charge is 0.328 e. The normalized spacial score (nSPS) is 13.1. The first-order valence-electron chi connectivity index (χ1n) is 6.25. The first-order chi connectivity index (χ1) is 9.30. The topological polar surface area (TPSA) is 75.7 Å². The van der Waals surface area contributed by atoms with Crippen molar-refractivity contribution in [2.45, 2.75) is 24.8 Å². The fourth-order valence-electron chi connectivity index (χ4n) is 1.57. The van der Waals surface area contributed by atoms with Crippen molar-refractivity contribution in [3.63, 3.8) is 0 Å². The first kappa shape index (κ1) is 16.5. The molecule has 0 radical (unpaired) electrons. The Morgan fingerprint density at radius 2 is 1.95 bits per heavy atom. The van der Waals surface area contributed by atoms with Crippen LogP contribution in [0.5, 0.6) is 0 Å². The van der Waals surface area contributed by atoms with E-state index in [1.165, 1.54) is 20.2 Å². The summed E-state index contributed by atoms with van der Waals surface area (Å²) in [4.78, 5) is 11.7. The maximum atomic E-state index is 12.2. The van der Waals surface area contributed by atoms with Gasteiger partial charge in [0.25, 0.3) is 0 Å². The van der Waals surface area contributed by atoms with E-state index in [1.807, 2.05) is 0 Å². The van der Waals surface area contributed by atoms with Gasteiger partial charge in [-0.15, -0.1) is 0 Å². The highest BCUT2D eigenvalue weighted by atomic mass is 32.2. The Balaban J connectivity index is 3.06. The summed E-state index contributed by atoms with van der Waals surface area (Å²) in [5, 5.41) is 2.88. The summed E-state index contributed by atoms with van der Waals surface area (Å²) >= 11 is 0. The number of nitrogens with one attached hydrogen (secondary N) is 1. The summed E-state index contributed by atoms with van der Waals surface area (Å²) in [5.41, 5.74) is 0.377. The Bertz CT molecular complexity index is 569. The second kappa shape index (κ2) is 6.71. The molecule has 1 aromatic rings. The van der Waals surface area contributed by atoms with Crippen LogP contribution in [0.3, 0.4) is 0 Å². The van der Waals surface area contributed by atoms with Gasteiger partial charge in [-0.1, -0.05) is 12.1 Å². The van der Waals surface area contributed by atoms with E-state index in [0.717, 1.165) is 4.31 Å².